The van der Waals surface area contributed by atoms with Gasteiger partial charge in [-0.2, -0.15) is 0 Å². The molecular weight excluding hydrogens is 219 g/mol. The summed E-state index contributed by atoms with van der Waals surface area (Å²) in [4.78, 5) is 10.8. The molecule has 0 saturated heterocycles. The Kier molecular flexibility index (Phi) is 2.62. The number of fused-ring (bicyclic) bond motifs is 1. The maximum Gasteiger partial charge on any atom is 0.245 e. The van der Waals surface area contributed by atoms with E-state index in [4.69, 9.17) is 23.2 Å². The van der Waals surface area contributed by atoms with Crippen molar-refractivity contribution in [3.63, 3.8) is 0 Å². The van der Waals surface area contributed by atoms with E-state index in [9.17, 15) is 4.79 Å². The molecule has 72 valence electrons. The standard InChI is InChI=1S/C11H8Cl2O/c12-10-3-1-2-8-7(6-11(13)14)4-5-9(8)10/h1-3,6H,4-5H2. The van der Waals surface area contributed by atoms with Crippen LogP contribution in [0.3, 0.4) is 0 Å². The maximum absolute atomic E-state index is 10.8. The third-order valence-electron chi connectivity index (χ3n) is 2.40. The number of allylic oxidation sites excluding steroid dienone is 2. The smallest absolute Gasteiger partial charge is 0.245 e. The van der Waals surface area contributed by atoms with Crippen molar-refractivity contribution < 1.29 is 4.79 Å². The fourth-order valence-electron chi connectivity index (χ4n) is 1.79. The minimum absolute atomic E-state index is 0.423. The molecule has 2 rings (SSSR count). The van der Waals surface area contributed by atoms with Gasteiger partial charge in [0.15, 0.2) is 0 Å². The molecule has 1 aromatic rings. The zero-order chi connectivity index (χ0) is 10.1. The van der Waals surface area contributed by atoms with Gasteiger partial charge in [0.2, 0.25) is 5.24 Å². The number of carbonyl (C=O) groups is 1. The summed E-state index contributed by atoms with van der Waals surface area (Å²) in [6.45, 7) is 0. The first-order valence-corrected chi connectivity index (χ1v) is 5.12. The quantitative estimate of drug-likeness (QED) is 0.530. The Morgan fingerprint density at radius 1 is 1.36 bits per heavy atom. The van der Waals surface area contributed by atoms with Crippen molar-refractivity contribution in [2.45, 2.75) is 12.8 Å². The number of benzene rings is 1. The van der Waals surface area contributed by atoms with Gasteiger partial charge in [-0.3, -0.25) is 4.79 Å². The van der Waals surface area contributed by atoms with Crippen molar-refractivity contribution in [3.05, 3.63) is 40.4 Å². The SMILES string of the molecule is O=C(Cl)C=C1CCc2c(Cl)cccc21. The van der Waals surface area contributed by atoms with Gasteiger partial charge < -0.3 is 0 Å². The molecule has 0 fully saturated rings. The lowest BCUT2D eigenvalue weighted by atomic mass is 10.1. The topological polar surface area (TPSA) is 17.1 Å². The highest BCUT2D eigenvalue weighted by Gasteiger charge is 2.18. The zero-order valence-corrected chi connectivity index (χ0v) is 8.90. The van der Waals surface area contributed by atoms with Gasteiger partial charge in [0.05, 0.1) is 0 Å². The second-order valence-corrected chi connectivity index (χ2v) is 4.02. The molecule has 0 amide bonds. The van der Waals surface area contributed by atoms with E-state index in [2.05, 4.69) is 0 Å². The fourth-order valence-corrected chi connectivity index (χ4v) is 2.20. The highest BCUT2D eigenvalue weighted by atomic mass is 35.5. The Morgan fingerprint density at radius 2 is 2.14 bits per heavy atom. The fraction of sp³-hybridized carbons (Fsp3) is 0.182. The molecule has 3 heteroatoms. The first-order valence-electron chi connectivity index (χ1n) is 4.36. The van der Waals surface area contributed by atoms with Gasteiger partial charge in [-0.25, -0.2) is 0 Å². The lowest BCUT2D eigenvalue weighted by molar-refractivity contribution is -0.107. The number of hydrogen-bond acceptors (Lipinski definition) is 1. The van der Waals surface area contributed by atoms with E-state index in [1.165, 1.54) is 6.08 Å². The van der Waals surface area contributed by atoms with Gasteiger partial charge in [0, 0.05) is 11.1 Å². The Balaban J connectivity index is 2.50. The lowest BCUT2D eigenvalue weighted by Crippen LogP contribution is -1.84. The highest BCUT2D eigenvalue weighted by Crippen LogP contribution is 2.36. The predicted octanol–water partition coefficient (Wildman–Crippen LogP) is 3.44. The molecule has 0 aliphatic heterocycles. The summed E-state index contributed by atoms with van der Waals surface area (Å²) in [7, 11) is 0. The number of carbonyl (C=O) groups excluding carboxylic acids is 1. The van der Waals surface area contributed by atoms with Crippen LogP contribution < -0.4 is 0 Å². The molecule has 14 heavy (non-hydrogen) atoms. The molecule has 0 bridgehead atoms. The van der Waals surface area contributed by atoms with Crippen LogP contribution in [0.5, 0.6) is 0 Å². The van der Waals surface area contributed by atoms with E-state index in [-0.39, 0.29) is 0 Å². The van der Waals surface area contributed by atoms with Crippen LogP contribution in [0.4, 0.5) is 0 Å². The monoisotopic (exact) mass is 226 g/mol. The average Bonchev–Trinajstić information content (AvgIpc) is 2.49. The second kappa shape index (κ2) is 3.76. The van der Waals surface area contributed by atoms with Crippen molar-refractivity contribution in [1.82, 2.24) is 0 Å². The van der Waals surface area contributed by atoms with Crippen LogP contribution in [0, 0.1) is 0 Å². The van der Waals surface area contributed by atoms with E-state index in [1.54, 1.807) is 0 Å². The zero-order valence-electron chi connectivity index (χ0n) is 7.39. The number of halogens is 2. The summed E-state index contributed by atoms with van der Waals surface area (Å²) in [6, 6.07) is 5.73. The summed E-state index contributed by atoms with van der Waals surface area (Å²) in [5.41, 5.74) is 3.17. The maximum atomic E-state index is 10.8. The van der Waals surface area contributed by atoms with Crippen molar-refractivity contribution in [1.29, 1.82) is 0 Å². The van der Waals surface area contributed by atoms with Gasteiger partial charge in [0.25, 0.3) is 0 Å². The molecule has 0 N–H and O–H groups in total. The van der Waals surface area contributed by atoms with E-state index in [1.807, 2.05) is 18.2 Å². The molecule has 0 saturated carbocycles. The van der Waals surface area contributed by atoms with Crippen molar-refractivity contribution in [2.24, 2.45) is 0 Å². The van der Waals surface area contributed by atoms with Gasteiger partial charge in [0.1, 0.15) is 0 Å². The van der Waals surface area contributed by atoms with Crippen LogP contribution >= 0.6 is 23.2 Å². The summed E-state index contributed by atoms with van der Waals surface area (Å²) in [5, 5.41) is 0.348. The van der Waals surface area contributed by atoms with Crippen LogP contribution in [0.2, 0.25) is 5.02 Å². The lowest BCUT2D eigenvalue weighted by Gasteiger charge is -2.01. The molecule has 0 atom stereocenters. The molecule has 1 aromatic carbocycles. The minimum atomic E-state index is -0.423. The van der Waals surface area contributed by atoms with Crippen LogP contribution in [-0.2, 0) is 11.2 Å². The first kappa shape index (κ1) is 9.75. The minimum Gasteiger partial charge on any atom is -0.276 e. The second-order valence-electron chi connectivity index (χ2n) is 3.24. The summed E-state index contributed by atoms with van der Waals surface area (Å²) < 4.78 is 0. The number of hydrogen-bond donors (Lipinski definition) is 0. The molecular formula is C11H8Cl2O. The Labute approximate surface area is 92.3 Å². The molecule has 1 aliphatic rings. The summed E-state index contributed by atoms with van der Waals surface area (Å²) in [5.74, 6) is 0. The van der Waals surface area contributed by atoms with Gasteiger partial charge in [-0.1, -0.05) is 23.7 Å². The Morgan fingerprint density at radius 3 is 2.86 bits per heavy atom. The van der Waals surface area contributed by atoms with E-state index in [0.717, 1.165) is 34.6 Å². The predicted molar refractivity (Wildman–Crippen MR) is 58.6 cm³/mol. The van der Waals surface area contributed by atoms with E-state index >= 15 is 0 Å². The third-order valence-corrected chi connectivity index (χ3v) is 2.86. The normalized spacial score (nSPS) is 17.1. The van der Waals surface area contributed by atoms with Gasteiger partial charge in [-0.15, -0.1) is 0 Å². The van der Waals surface area contributed by atoms with Gasteiger partial charge in [-0.05, 0) is 47.2 Å². The van der Waals surface area contributed by atoms with Crippen molar-refractivity contribution >= 4 is 34.0 Å². The Hall–Kier alpha value is -0.790. The molecule has 0 unspecified atom stereocenters. The molecule has 0 spiro atoms. The molecule has 0 heterocycles. The molecule has 1 nitrogen and oxygen atoms in total. The summed E-state index contributed by atoms with van der Waals surface area (Å²) >= 11 is 11.3. The molecule has 0 radical (unpaired) electrons. The largest absolute Gasteiger partial charge is 0.276 e. The van der Waals surface area contributed by atoms with Crippen LogP contribution in [0.1, 0.15) is 17.5 Å². The third kappa shape index (κ3) is 1.70. The first-order chi connectivity index (χ1) is 6.68. The average molecular weight is 227 g/mol. The molecule has 0 aromatic heterocycles. The van der Waals surface area contributed by atoms with Crippen LogP contribution in [-0.4, -0.2) is 5.24 Å². The van der Waals surface area contributed by atoms with Crippen molar-refractivity contribution in [2.75, 3.05) is 0 Å². The van der Waals surface area contributed by atoms with Gasteiger partial charge >= 0.3 is 0 Å². The van der Waals surface area contributed by atoms with Crippen molar-refractivity contribution in [3.8, 4) is 0 Å². The van der Waals surface area contributed by atoms with Crippen LogP contribution in [0.25, 0.3) is 5.57 Å². The van der Waals surface area contributed by atoms with E-state index in [0.29, 0.717) is 0 Å². The number of rotatable bonds is 1. The van der Waals surface area contributed by atoms with E-state index < -0.39 is 5.24 Å². The summed E-state index contributed by atoms with van der Waals surface area (Å²) in [6.07, 6.45) is 3.21. The Bertz CT molecular complexity index is 421. The van der Waals surface area contributed by atoms with Crippen LogP contribution in [0.15, 0.2) is 24.3 Å². The molecule has 1 aliphatic carbocycles. The highest BCUT2D eigenvalue weighted by molar-refractivity contribution is 6.67.